The van der Waals surface area contributed by atoms with Crippen molar-refractivity contribution in [1.82, 2.24) is 0 Å². The molecule has 0 aromatic heterocycles. The molecule has 0 aliphatic rings. The van der Waals surface area contributed by atoms with Crippen molar-refractivity contribution in [1.29, 1.82) is 0 Å². The van der Waals surface area contributed by atoms with Crippen LogP contribution in [0.2, 0.25) is 0 Å². The summed E-state index contributed by atoms with van der Waals surface area (Å²) in [5, 5.41) is 0. The van der Waals surface area contributed by atoms with Crippen LogP contribution in [0.25, 0.3) is 6.08 Å². The first-order valence-corrected chi connectivity index (χ1v) is 8.80. The lowest BCUT2D eigenvalue weighted by Gasteiger charge is -2.15. The molecule has 0 radical (unpaired) electrons. The molecule has 0 fully saturated rings. The molecule has 0 amide bonds. The Kier molecular flexibility index (Phi) is 7.29. The van der Waals surface area contributed by atoms with Crippen molar-refractivity contribution in [3.05, 3.63) is 53.1 Å². The molecule has 5 nitrogen and oxygen atoms in total. The van der Waals surface area contributed by atoms with Gasteiger partial charge in [-0.25, -0.2) is 0 Å². The minimum absolute atomic E-state index is 0.140. The molecule has 0 bridgehead atoms. The normalized spacial score (nSPS) is 11.1. The maximum atomic E-state index is 12.9. The summed E-state index contributed by atoms with van der Waals surface area (Å²) >= 11 is 0. The van der Waals surface area contributed by atoms with Crippen molar-refractivity contribution in [2.45, 2.75) is 20.3 Å². The molecule has 0 unspecified atom stereocenters. The largest absolute Gasteiger partial charge is 0.494 e. The fourth-order valence-electron chi connectivity index (χ4n) is 2.69. The Morgan fingerprint density at radius 2 is 1.59 bits per heavy atom. The van der Waals surface area contributed by atoms with E-state index in [-0.39, 0.29) is 5.78 Å². The number of benzene rings is 2. The second-order valence-corrected chi connectivity index (χ2v) is 5.96. The quantitative estimate of drug-likeness (QED) is 0.469. The third-order valence-electron chi connectivity index (χ3n) is 4.04. The van der Waals surface area contributed by atoms with Crippen LogP contribution in [-0.4, -0.2) is 33.7 Å². The molecule has 0 aliphatic heterocycles. The van der Waals surface area contributed by atoms with Crippen molar-refractivity contribution < 1.29 is 23.7 Å². The monoisotopic (exact) mass is 370 g/mol. The molecule has 0 saturated carbocycles. The Morgan fingerprint density at radius 3 is 2.15 bits per heavy atom. The number of hydrogen-bond donors (Lipinski definition) is 0. The Hall–Kier alpha value is -2.95. The number of carbonyl (C=O) groups is 1. The molecule has 0 heterocycles. The third kappa shape index (κ3) is 4.82. The van der Waals surface area contributed by atoms with Gasteiger partial charge in [0.15, 0.2) is 17.3 Å². The maximum absolute atomic E-state index is 12.9. The molecular formula is C22H26O5. The van der Waals surface area contributed by atoms with Crippen molar-refractivity contribution in [3.63, 3.8) is 0 Å². The number of hydrogen-bond acceptors (Lipinski definition) is 5. The minimum Gasteiger partial charge on any atom is -0.494 e. The molecule has 2 rings (SSSR count). The highest BCUT2D eigenvalue weighted by atomic mass is 16.5. The van der Waals surface area contributed by atoms with Crippen LogP contribution in [0.3, 0.4) is 0 Å². The summed E-state index contributed by atoms with van der Waals surface area (Å²) in [6, 6.07) is 11.0. The molecule has 27 heavy (non-hydrogen) atoms. The summed E-state index contributed by atoms with van der Waals surface area (Å²) in [5.41, 5.74) is 1.93. The maximum Gasteiger partial charge on any atom is 0.204 e. The summed E-state index contributed by atoms with van der Waals surface area (Å²) in [6.07, 6.45) is 2.80. The number of methoxy groups -OCH3 is 3. The number of rotatable bonds is 9. The van der Waals surface area contributed by atoms with Gasteiger partial charge < -0.3 is 18.9 Å². The first-order valence-electron chi connectivity index (χ1n) is 8.80. The van der Waals surface area contributed by atoms with Gasteiger partial charge >= 0.3 is 0 Å². The molecule has 0 N–H and O–H groups in total. The summed E-state index contributed by atoms with van der Waals surface area (Å²) in [5.74, 6) is 1.95. The third-order valence-corrected chi connectivity index (χ3v) is 4.04. The fourth-order valence-corrected chi connectivity index (χ4v) is 2.69. The van der Waals surface area contributed by atoms with E-state index in [2.05, 4.69) is 6.92 Å². The molecule has 2 aromatic rings. The van der Waals surface area contributed by atoms with Crippen LogP contribution in [0.5, 0.6) is 23.0 Å². The number of allylic oxidation sites excluding steroid dienone is 1. The number of carbonyl (C=O) groups excluding carboxylic acids is 1. The predicted octanol–water partition coefficient (Wildman–Crippen LogP) is 4.79. The van der Waals surface area contributed by atoms with Gasteiger partial charge in [-0.05, 0) is 54.8 Å². The standard InChI is InChI=1S/C22H26O5/c1-6-13-27-17-9-7-16(8-10-17)14-15(2)20(23)18-11-12-19(24-3)22(26-5)21(18)25-4/h7-12,14H,6,13H2,1-5H3/b15-14+. The molecule has 0 atom stereocenters. The van der Waals surface area contributed by atoms with E-state index >= 15 is 0 Å². The SMILES string of the molecule is CCCOc1ccc(/C=C(\C)C(=O)c2ccc(OC)c(OC)c2OC)cc1. The van der Waals surface area contributed by atoms with Gasteiger partial charge in [0.1, 0.15) is 5.75 Å². The Bertz CT molecular complexity index is 806. The fraction of sp³-hybridized carbons (Fsp3) is 0.318. The highest BCUT2D eigenvalue weighted by molar-refractivity contribution is 6.13. The van der Waals surface area contributed by atoms with E-state index in [9.17, 15) is 4.79 Å². The Morgan fingerprint density at radius 1 is 0.926 bits per heavy atom. The average Bonchev–Trinajstić information content (AvgIpc) is 2.71. The lowest BCUT2D eigenvalue weighted by Crippen LogP contribution is -2.06. The van der Waals surface area contributed by atoms with Crippen LogP contribution < -0.4 is 18.9 Å². The summed E-state index contributed by atoms with van der Waals surface area (Å²) in [6.45, 7) is 4.53. The molecule has 144 valence electrons. The van der Waals surface area contributed by atoms with Gasteiger partial charge in [0.2, 0.25) is 5.75 Å². The first kappa shape index (κ1) is 20.4. The summed E-state index contributed by atoms with van der Waals surface area (Å²) < 4.78 is 21.6. The van der Waals surface area contributed by atoms with E-state index in [0.29, 0.717) is 35.0 Å². The lowest BCUT2D eigenvalue weighted by molar-refractivity contribution is 0.103. The van der Waals surface area contributed by atoms with E-state index in [0.717, 1.165) is 17.7 Å². The molecular weight excluding hydrogens is 344 g/mol. The van der Waals surface area contributed by atoms with Gasteiger partial charge in [-0.15, -0.1) is 0 Å². The molecule has 0 saturated heterocycles. The zero-order valence-corrected chi connectivity index (χ0v) is 16.5. The highest BCUT2D eigenvalue weighted by Crippen LogP contribution is 2.40. The Balaban J connectivity index is 2.30. The zero-order valence-electron chi connectivity index (χ0n) is 16.5. The molecule has 0 spiro atoms. The van der Waals surface area contributed by atoms with Crippen LogP contribution in [0.4, 0.5) is 0 Å². The van der Waals surface area contributed by atoms with Gasteiger partial charge in [-0.3, -0.25) is 4.79 Å². The van der Waals surface area contributed by atoms with Crippen LogP contribution in [0, 0.1) is 0 Å². The lowest BCUT2D eigenvalue weighted by atomic mass is 10.0. The zero-order chi connectivity index (χ0) is 19.8. The average molecular weight is 370 g/mol. The predicted molar refractivity (Wildman–Crippen MR) is 106 cm³/mol. The topological polar surface area (TPSA) is 54.0 Å². The minimum atomic E-state index is -0.140. The van der Waals surface area contributed by atoms with Crippen molar-refractivity contribution in [2.24, 2.45) is 0 Å². The molecule has 0 aliphatic carbocycles. The number of Topliss-reactive ketones (excluding diaryl/α,β-unsaturated/α-hetero) is 1. The van der Waals surface area contributed by atoms with Crippen molar-refractivity contribution in [3.8, 4) is 23.0 Å². The van der Waals surface area contributed by atoms with Gasteiger partial charge in [0.25, 0.3) is 0 Å². The van der Waals surface area contributed by atoms with E-state index < -0.39 is 0 Å². The number of ketones is 1. The Labute approximate surface area is 160 Å². The van der Waals surface area contributed by atoms with E-state index in [1.807, 2.05) is 30.3 Å². The van der Waals surface area contributed by atoms with Crippen LogP contribution in [0.1, 0.15) is 36.2 Å². The smallest absolute Gasteiger partial charge is 0.204 e. The summed E-state index contributed by atoms with van der Waals surface area (Å²) in [7, 11) is 4.56. The highest BCUT2D eigenvalue weighted by Gasteiger charge is 2.21. The van der Waals surface area contributed by atoms with Crippen molar-refractivity contribution >= 4 is 11.9 Å². The van der Waals surface area contributed by atoms with Crippen LogP contribution in [-0.2, 0) is 0 Å². The summed E-state index contributed by atoms with van der Waals surface area (Å²) in [4.78, 5) is 12.9. The van der Waals surface area contributed by atoms with Crippen LogP contribution in [0.15, 0.2) is 42.0 Å². The second kappa shape index (κ2) is 9.67. The van der Waals surface area contributed by atoms with Gasteiger partial charge in [0, 0.05) is 0 Å². The van der Waals surface area contributed by atoms with Gasteiger partial charge in [-0.2, -0.15) is 0 Å². The van der Waals surface area contributed by atoms with Crippen molar-refractivity contribution in [2.75, 3.05) is 27.9 Å². The second-order valence-electron chi connectivity index (χ2n) is 5.96. The van der Waals surface area contributed by atoms with Gasteiger partial charge in [-0.1, -0.05) is 19.1 Å². The van der Waals surface area contributed by atoms with E-state index in [4.69, 9.17) is 18.9 Å². The van der Waals surface area contributed by atoms with Gasteiger partial charge in [0.05, 0.1) is 33.5 Å². The molecule has 2 aromatic carbocycles. The number of ether oxygens (including phenoxy) is 4. The first-order chi connectivity index (χ1) is 13.0. The van der Waals surface area contributed by atoms with E-state index in [1.165, 1.54) is 21.3 Å². The molecule has 5 heteroatoms. The van der Waals surface area contributed by atoms with Crippen LogP contribution >= 0.6 is 0 Å². The van der Waals surface area contributed by atoms with E-state index in [1.54, 1.807) is 19.1 Å².